The van der Waals surface area contributed by atoms with E-state index >= 15 is 0 Å². The Morgan fingerprint density at radius 3 is 2.25 bits per heavy atom. The van der Waals surface area contributed by atoms with E-state index in [9.17, 15) is 5.11 Å². The molecule has 1 aliphatic rings. The number of hydrogen-bond donors (Lipinski definition) is 2. The highest BCUT2D eigenvalue weighted by Gasteiger charge is 2.39. The van der Waals surface area contributed by atoms with Gasteiger partial charge in [-0.2, -0.15) is 0 Å². The summed E-state index contributed by atoms with van der Waals surface area (Å²) in [5, 5.41) is 23.3. The zero-order valence-corrected chi connectivity index (χ0v) is 20.1. The second kappa shape index (κ2) is 7.89. The van der Waals surface area contributed by atoms with Crippen LogP contribution in [-0.2, 0) is 7.05 Å². The fourth-order valence-corrected chi connectivity index (χ4v) is 4.99. The molecule has 32 heavy (non-hydrogen) atoms. The van der Waals surface area contributed by atoms with E-state index in [1.807, 2.05) is 49.0 Å². The second-order valence-corrected chi connectivity index (χ2v) is 10.4. The maximum Gasteiger partial charge on any atom is 0.151 e. The number of nitrogens with zero attached hydrogens (tertiary/aromatic N) is 5. The molecule has 3 aromatic rings. The minimum absolute atomic E-state index is 0.0632. The molecule has 3 heterocycles. The van der Waals surface area contributed by atoms with Crippen LogP contribution in [0.1, 0.15) is 46.4 Å². The van der Waals surface area contributed by atoms with Gasteiger partial charge in [0.25, 0.3) is 0 Å². The molecule has 1 aliphatic heterocycles. The van der Waals surface area contributed by atoms with E-state index in [0.717, 1.165) is 35.7 Å². The Bertz CT molecular complexity index is 1080. The van der Waals surface area contributed by atoms with Gasteiger partial charge in [0.05, 0.1) is 11.4 Å². The normalized spacial score (nSPS) is 18.0. The standard InChI is InChI=1S/C25H34N6O/c1-16-26-21(15-30(16)6)17-8-9-19(22(32)12-17)20-10-11-23(28-27-20)31(7)18-13-24(2,3)29-25(4,5)14-18/h8-12,15,18,29,32H,13-14H2,1-7H3. The predicted octanol–water partition coefficient (Wildman–Crippen LogP) is 4.30. The highest BCUT2D eigenvalue weighted by molar-refractivity contribution is 5.73. The van der Waals surface area contributed by atoms with Gasteiger partial charge in [0.1, 0.15) is 11.6 Å². The minimum atomic E-state index is 0.0632. The van der Waals surface area contributed by atoms with Gasteiger partial charge in [0.2, 0.25) is 0 Å². The van der Waals surface area contributed by atoms with Gasteiger partial charge in [-0.15, -0.1) is 10.2 Å². The number of rotatable bonds is 4. The van der Waals surface area contributed by atoms with E-state index in [1.54, 1.807) is 6.07 Å². The number of nitrogens with one attached hydrogen (secondary N) is 1. The molecule has 1 saturated heterocycles. The zero-order valence-electron chi connectivity index (χ0n) is 20.1. The number of piperidine rings is 1. The monoisotopic (exact) mass is 434 g/mol. The Hall–Kier alpha value is -2.93. The lowest BCUT2D eigenvalue weighted by atomic mass is 9.79. The molecular formula is C25H34N6O. The fraction of sp³-hybridized carbons (Fsp3) is 0.480. The van der Waals surface area contributed by atoms with Gasteiger partial charge in [-0.1, -0.05) is 6.07 Å². The van der Waals surface area contributed by atoms with Crippen LogP contribution in [0, 0.1) is 6.92 Å². The molecule has 0 radical (unpaired) electrons. The molecule has 1 fully saturated rings. The summed E-state index contributed by atoms with van der Waals surface area (Å²) in [7, 11) is 4.05. The van der Waals surface area contributed by atoms with Crippen molar-refractivity contribution in [3.63, 3.8) is 0 Å². The molecule has 7 nitrogen and oxygen atoms in total. The SMILES string of the molecule is Cc1nc(-c2ccc(-c3ccc(N(C)C4CC(C)(C)NC(C)(C)C4)nn3)c(O)c2)cn1C. The van der Waals surface area contributed by atoms with Crippen LogP contribution in [-0.4, -0.2) is 49.0 Å². The van der Waals surface area contributed by atoms with Crippen molar-refractivity contribution in [3.8, 4) is 28.3 Å². The Balaban J connectivity index is 1.55. The fourth-order valence-electron chi connectivity index (χ4n) is 4.99. The number of hydrogen-bond acceptors (Lipinski definition) is 6. The van der Waals surface area contributed by atoms with Gasteiger partial charge < -0.3 is 19.9 Å². The van der Waals surface area contributed by atoms with Gasteiger partial charge in [-0.25, -0.2) is 4.98 Å². The topological polar surface area (TPSA) is 79.1 Å². The average Bonchev–Trinajstić information content (AvgIpc) is 3.04. The van der Waals surface area contributed by atoms with E-state index < -0.39 is 0 Å². The molecule has 170 valence electrons. The van der Waals surface area contributed by atoms with Gasteiger partial charge in [-0.3, -0.25) is 0 Å². The van der Waals surface area contributed by atoms with Crippen molar-refractivity contribution in [2.45, 2.75) is 64.6 Å². The van der Waals surface area contributed by atoms with Crippen molar-refractivity contribution in [3.05, 3.63) is 42.4 Å². The molecule has 0 spiro atoms. The largest absolute Gasteiger partial charge is 0.507 e. The molecular weight excluding hydrogens is 400 g/mol. The molecule has 0 bridgehead atoms. The highest BCUT2D eigenvalue weighted by atomic mass is 16.3. The van der Waals surface area contributed by atoms with Crippen molar-refractivity contribution in [1.82, 2.24) is 25.1 Å². The van der Waals surface area contributed by atoms with Crippen LogP contribution in [0.3, 0.4) is 0 Å². The van der Waals surface area contributed by atoms with Gasteiger partial charge in [0, 0.05) is 48.5 Å². The Kier molecular flexibility index (Phi) is 5.49. The summed E-state index contributed by atoms with van der Waals surface area (Å²) in [4.78, 5) is 6.76. The number of benzene rings is 1. The van der Waals surface area contributed by atoms with Gasteiger partial charge >= 0.3 is 0 Å². The van der Waals surface area contributed by atoms with Crippen LogP contribution < -0.4 is 10.2 Å². The first-order valence-corrected chi connectivity index (χ1v) is 11.1. The summed E-state index contributed by atoms with van der Waals surface area (Å²) < 4.78 is 1.96. The number of aromatic hydroxyl groups is 1. The predicted molar refractivity (Wildman–Crippen MR) is 129 cm³/mol. The van der Waals surface area contributed by atoms with Gasteiger partial charge in [-0.05, 0) is 71.7 Å². The maximum atomic E-state index is 10.7. The van der Waals surface area contributed by atoms with E-state index in [1.165, 1.54) is 0 Å². The third-order valence-corrected chi connectivity index (χ3v) is 6.41. The summed E-state index contributed by atoms with van der Waals surface area (Å²) >= 11 is 0. The smallest absolute Gasteiger partial charge is 0.151 e. The molecule has 0 aliphatic carbocycles. The summed E-state index contributed by atoms with van der Waals surface area (Å²) in [6.45, 7) is 11.0. The molecule has 0 amide bonds. The van der Waals surface area contributed by atoms with Crippen LogP contribution in [0.2, 0.25) is 0 Å². The van der Waals surface area contributed by atoms with Crippen LogP contribution in [0.25, 0.3) is 22.5 Å². The number of anilines is 1. The Morgan fingerprint density at radius 2 is 1.72 bits per heavy atom. The molecule has 2 aromatic heterocycles. The van der Waals surface area contributed by atoms with Crippen LogP contribution >= 0.6 is 0 Å². The third-order valence-electron chi connectivity index (χ3n) is 6.41. The lowest BCUT2D eigenvalue weighted by Gasteiger charge is -2.49. The van der Waals surface area contributed by atoms with E-state index in [2.05, 4.69) is 60.1 Å². The molecule has 7 heteroatoms. The first kappa shape index (κ1) is 22.3. The zero-order chi connectivity index (χ0) is 23.3. The first-order valence-electron chi connectivity index (χ1n) is 11.1. The number of phenolic OH excluding ortho intramolecular Hbond substituents is 1. The molecule has 2 N–H and O–H groups in total. The van der Waals surface area contributed by atoms with Crippen LogP contribution in [0.5, 0.6) is 5.75 Å². The average molecular weight is 435 g/mol. The Morgan fingerprint density at radius 1 is 1.03 bits per heavy atom. The number of aryl methyl sites for hydroxylation is 2. The molecule has 0 atom stereocenters. The Labute approximate surface area is 190 Å². The summed E-state index contributed by atoms with van der Waals surface area (Å²) in [5.74, 6) is 1.94. The van der Waals surface area contributed by atoms with E-state index in [0.29, 0.717) is 17.3 Å². The van der Waals surface area contributed by atoms with Crippen molar-refractivity contribution >= 4 is 5.82 Å². The lowest BCUT2D eigenvalue weighted by Crippen LogP contribution is -2.62. The van der Waals surface area contributed by atoms with E-state index in [4.69, 9.17) is 0 Å². The minimum Gasteiger partial charge on any atom is -0.507 e. The molecule has 0 unspecified atom stereocenters. The van der Waals surface area contributed by atoms with Gasteiger partial charge in [0.15, 0.2) is 5.82 Å². The van der Waals surface area contributed by atoms with Crippen molar-refractivity contribution in [2.24, 2.45) is 7.05 Å². The number of aromatic nitrogens is 4. The van der Waals surface area contributed by atoms with Crippen LogP contribution in [0.4, 0.5) is 5.82 Å². The van der Waals surface area contributed by atoms with Crippen LogP contribution in [0.15, 0.2) is 36.5 Å². The summed E-state index contributed by atoms with van der Waals surface area (Å²) in [6, 6.07) is 9.85. The summed E-state index contributed by atoms with van der Waals surface area (Å²) in [6.07, 6.45) is 4.02. The lowest BCUT2D eigenvalue weighted by molar-refractivity contribution is 0.160. The molecule has 1 aromatic carbocycles. The maximum absolute atomic E-state index is 10.7. The first-order chi connectivity index (χ1) is 14.9. The van der Waals surface area contributed by atoms with Crippen molar-refractivity contribution in [2.75, 3.05) is 11.9 Å². The highest BCUT2D eigenvalue weighted by Crippen LogP contribution is 2.34. The van der Waals surface area contributed by atoms with E-state index in [-0.39, 0.29) is 16.8 Å². The summed E-state index contributed by atoms with van der Waals surface area (Å²) in [5.41, 5.74) is 3.14. The third kappa shape index (κ3) is 4.48. The van der Waals surface area contributed by atoms with Crippen molar-refractivity contribution < 1.29 is 5.11 Å². The quantitative estimate of drug-likeness (QED) is 0.637. The second-order valence-electron chi connectivity index (χ2n) is 10.4. The molecule has 4 rings (SSSR count). The number of phenols is 1. The van der Waals surface area contributed by atoms with Crippen molar-refractivity contribution in [1.29, 1.82) is 0 Å². The molecule has 0 saturated carbocycles. The number of imidazole rings is 1.